The standard InChI is InChI=1S/C11H13NO4S2/c1-7-8(4-10(17-7)11(13)14)5-12-9-2-3-18(15,16)6-9/h2-4,9,12H,5-6H2,1H3,(H,13,14). The molecule has 18 heavy (non-hydrogen) atoms. The van der Waals surface area contributed by atoms with Crippen LogP contribution in [0.4, 0.5) is 0 Å². The molecule has 2 rings (SSSR count). The number of carboxylic acids is 1. The Bertz CT molecular complexity index is 601. The minimum atomic E-state index is -3.05. The molecule has 1 aromatic heterocycles. The first-order chi connectivity index (χ1) is 8.37. The van der Waals surface area contributed by atoms with Gasteiger partial charge in [-0.2, -0.15) is 0 Å². The van der Waals surface area contributed by atoms with Crippen molar-refractivity contribution >= 4 is 27.1 Å². The molecule has 2 N–H and O–H groups in total. The summed E-state index contributed by atoms with van der Waals surface area (Å²) in [5.74, 6) is -0.861. The summed E-state index contributed by atoms with van der Waals surface area (Å²) >= 11 is 1.23. The summed E-state index contributed by atoms with van der Waals surface area (Å²) in [5.41, 5.74) is 0.898. The molecule has 0 saturated carbocycles. The van der Waals surface area contributed by atoms with E-state index >= 15 is 0 Å². The van der Waals surface area contributed by atoms with Gasteiger partial charge in [0.05, 0.1) is 5.75 Å². The van der Waals surface area contributed by atoms with Crippen molar-refractivity contribution in [2.24, 2.45) is 0 Å². The van der Waals surface area contributed by atoms with Crippen LogP contribution in [0.3, 0.4) is 0 Å². The van der Waals surface area contributed by atoms with Gasteiger partial charge in [-0.25, -0.2) is 13.2 Å². The van der Waals surface area contributed by atoms with Crippen LogP contribution < -0.4 is 5.32 Å². The first-order valence-corrected chi connectivity index (χ1v) is 7.87. The average Bonchev–Trinajstić information content (AvgIpc) is 2.79. The van der Waals surface area contributed by atoms with Crippen LogP contribution in [-0.4, -0.2) is 31.3 Å². The Balaban J connectivity index is 1.99. The second kappa shape index (κ2) is 4.83. The highest BCUT2D eigenvalue weighted by Gasteiger charge is 2.21. The number of sulfone groups is 1. The van der Waals surface area contributed by atoms with E-state index in [0.29, 0.717) is 11.4 Å². The fourth-order valence-corrected chi connectivity index (χ4v) is 3.89. The fraction of sp³-hybridized carbons (Fsp3) is 0.364. The summed E-state index contributed by atoms with van der Waals surface area (Å²) in [7, 11) is -3.05. The number of aryl methyl sites for hydroxylation is 1. The van der Waals surface area contributed by atoms with Crippen molar-refractivity contribution in [2.45, 2.75) is 19.5 Å². The van der Waals surface area contributed by atoms with Gasteiger partial charge in [0.25, 0.3) is 0 Å². The summed E-state index contributed by atoms with van der Waals surface area (Å²) in [6.07, 6.45) is 1.62. The van der Waals surface area contributed by atoms with E-state index in [9.17, 15) is 13.2 Å². The Hall–Kier alpha value is -1.18. The van der Waals surface area contributed by atoms with Crippen LogP contribution in [0.15, 0.2) is 17.6 Å². The van der Waals surface area contributed by atoms with Crippen LogP contribution in [0.2, 0.25) is 0 Å². The van der Waals surface area contributed by atoms with E-state index in [1.54, 1.807) is 12.1 Å². The summed E-state index contributed by atoms with van der Waals surface area (Å²) in [6.45, 7) is 2.33. The van der Waals surface area contributed by atoms with Crippen LogP contribution in [0.1, 0.15) is 20.1 Å². The van der Waals surface area contributed by atoms with E-state index in [0.717, 1.165) is 10.4 Å². The molecule has 0 saturated heterocycles. The smallest absolute Gasteiger partial charge is 0.345 e. The van der Waals surface area contributed by atoms with Gasteiger partial charge in [0.1, 0.15) is 4.88 Å². The summed E-state index contributed by atoms with van der Waals surface area (Å²) in [4.78, 5) is 12.1. The van der Waals surface area contributed by atoms with Gasteiger partial charge in [-0.1, -0.05) is 6.08 Å². The van der Waals surface area contributed by atoms with Crippen molar-refractivity contribution < 1.29 is 18.3 Å². The number of hydrogen-bond donors (Lipinski definition) is 2. The Morgan fingerprint density at radius 1 is 1.61 bits per heavy atom. The maximum Gasteiger partial charge on any atom is 0.345 e. The third kappa shape index (κ3) is 2.98. The monoisotopic (exact) mass is 287 g/mol. The lowest BCUT2D eigenvalue weighted by Crippen LogP contribution is -2.29. The molecule has 0 spiro atoms. The molecular weight excluding hydrogens is 274 g/mol. The zero-order chi connectivity index (χ0) is 13.3. The van der Waals surface area contributed by atoms with Gasteiger partial charge in [-0.3, -0.25) is 0 Å². The molecule has 1 aromatic rings. The molecule has 5 nitrogen and oxygen atoms in total. The van der Waals surface area contributed by atoms with Gasteiger partial charge in [-0.15, -0.1) is 11.3 Å². The molecule has 7 heteroatoms. The van der Waals surface area contributed by atoms with Crippen LogP contribution in [0, 0.1) is 6.92 Å². The van der Waals surface area contributed by atoms with Crippen molar-refractivity contribution in [2.75, 3.05) is 5.75 Å². The number of aromatic carboxylic acids is 1. The quantitative estimate of drug-likeness (QED) is 0.868. The molecule has 98 valence electrons. The lowest BCUT2D eigenvalue weighted by atomic mass is 10.2. The van der Waals surface area contributed by atoms with Gasteiger partial charge in [0, 0.05) is 22.9 Å². The molecule has 2 heterocycles. The molecule has 0 aliphatic carbocycles. The Labute approximate surface area is 109 Å². The van der Waals surface area contributed by atoms with Crippen molar-refractivity contribution in [3.8, 4) is 0 Å². The molecule has 0 fully saturated rings. The summed E-state index contributed by atoms with van der Waals surface area (Å²) in [6, 6.07) is 1.44. The van der Waals surface area contributed by atoms with Crippen molar-refractivity contribution in [3.05, 3.63) is 32.9 Å². The molecule has 1 unspecified atom stereocenters. The topological polar surface area (TPSA) is 83.5 Å². The molecule has 1 atom stereocenters. The number of rotatable bonds is 4. The number of carboxylic acid groups (broad SMARTS) is 1. The van der Waals surface area contributed by atoms with Crippen LogP contribution in [0.5, 0.6) is 0 Å². The Morgan fingerprint density at radius 2 is 2.33 bits per heavy atom. The van der Waals surface area contributed by atoms with Gasteiger partial charge in [0.2, 0.25) is 0 Å². The van der Waals surface area contributed by atoms with Crippen molar-refractivity contribution in [1.82, 2.24) is 5.32 Å². The predicted molar refractivity (Wildman–Crippen MR) is 69.6 cm³/mol. The number of hydrogen-bond acceptors (Lipinski definition) is 5. The normalized spacial score (nSPS) is 21.3. The molecule has 0 amide bonds. The van der Waals surface area contributed by atoms with E-state index in [2.05, 4.69) is 5.32 Å². The van der Waals surface area contributed by atoms with Gasteiger partial charge < -0.3 is 10.4 Å². The van der Waals surface area contributed by atoms with Gasteiger partial charge in [0.15, 0.2) is 9.84 Å². The molecule has 1 aliphatic heterocycles. The fourth-order valence-electron chi connectivity index (χ4n) is 1.74. The van der Waals surface area contributed by atoms with Crippen LogP contribution in [-0.2, 0) is 16.4 Å². The Kier molecular flexibility index (Phi) is 3.56. The van der Waals surface area contributed by atoms with E-state index < -0.39 is 15.8 Å². The van der Waals surface area contributed by atoms with E-state index in [1.165, 1.54) is 16.7 Å². The lowest BCUT2D eigenvalue weighted by Gasteiger charge is -2.09. The van der Waals surface area contributed by atoms with Crippen molar-refractivity contribution in [1.29, 1.82) is 0 Å². The summed E-state index contributed by atoms with van der Waals surface area (Å²) in [5, 5.41) is 13.2. The third-order valence-corrected chi connectivity index (χ3v) is 5.19. The highest BCUT2D eigenvalue weighted by Crippen LogP contribution is 2.21. The summed E-state index contributed by atoms with van der Waals surface area (Å²) < 4.78 is 22.4. The number of carbonyl (C=O) groups is 1. The second-order valence-corrected chi connectivity index (χ2v) is 7.33. The number of nitrogens with one attached hydrogen (secondary N) is 1. The van der Waals surface area contributed by atoms with E-state index in [1.807, 2.05) is 6.92 Å². The highest BCUT2D eigenvalue weighted by molar-refractivity contribution is 7.94. The lowest BCUT2D eigenvalue weighted by molar-refractivity contribution is 0.0702. The predicted octanol–water partition coefficient (Wildman–Crippen LogP) is 1.16. The molecular formula is C11H13NO4S2. The minimum absolute atomic E-state index is 0.0714. The maximum absolute atomic E-state index is 11.2. The van der Waals surface area contributed by atoms with Crippen LogP contribution >= 0.6 is 11.3 Å². The molecule has 0 bridgehead atoms. The van der Waals surface area contributed by atoms with Gasteiger partial charge >= 0.3 is 5.97 Å². The van der Waals surface area contributed by atoms with Crippen LogP contribution in [0.25, 0.3) is 0 Å². The highest BCUT2D eigenvalue weighted by atomic mass is 32.2. The van der Waals surface area contributed by atoms with Gasteiger partial charge in [-0.05, 0) is 18.6 Å². The first-order valence-electron chi connectivity index (χ1n) is 5.34. The third-order valence-electron chi connectivity index (χ3n) is 2.72. The molecule has 0 radical (unpaired) electrons. The zero-order valence-corrected chi connectivity index (χ0v) is 11.3. The minimum Gasteiger partial charge on any atom is -0.477 e. The zero-order valence-electron chi connectivity index (χ0n) is 9.71. The molecule has 1 aliphatic rings. The maximum atomic E-state index is 11.2. The Morgan fingerprint density at radius 3 is 2.83 bits per heavy atom. The molecule has 0 aromatic carbocycles. The average molecular weight is 287 g/mol. The largest absolute Gasteiger partial charge is 0.477 e. The number of thiophene rings is 1. The van der Waals surface area contributed by atoms with Crippen molar-refractivity contribution in [3.63, 3.8) is 0 Å². The van der Waals surface area contributed by atoms with E-state index in [4.69, 9.17) is 5.11 Å². The van der Waals surface area contributed by atoms with E-state index in [-0.39, 0.29) is 11.8 Å². The SMILES string of the molecule is Cc1sc(C(=O)O)cc1CNC1C=CS(=O)(=O)C1. The first kappa shape index (κ1) is 13.3. The second-order valence-electron chi connectivity index (χ2n) is 4.14.